The number of aromatic nitrogens is 5. The van der Waals surface area contributed by atoms with Crippen molar-refractivity contribution in [2.45, 2.75) is 65.0 Å². The van der Waals surface area contributed by atoms with Gasteiger partial charge in [0.15, 0.2) is 5.65 Å². The number of ether oxygens (including phenoxy) is 1. The van der Waals surface area contributed by atoms with Gasteiger partial charge in [-0.05, 0) is 57.4 Å². The molecule has 2 N–H and O–H groups in total. The SMILES string of the molecule is CC(C)C1CCC(n2cc(NC(=O)c3cnn4ccc(N5CCOCC5)nc34)c(C(C)(C)O)n2)CC1.[HH]. The van der Waals surface area contributed by atoms with Crippen LogP contribution in [0.1, 0.15) is 76.9 Å². The van der Waals surface area contributed by atoms with Gasteiger partial charge in [-0.3, -0.25) is 9.48 Å². The highest BCUT2D eigenvalue weighted by molar-refractivity contribution is 6.08. The van der Waals surface area contributed by atoms with Crippen molar-refractivity contribution >= 4 is 23.1 Å². The number of morpholine rings is 1. The predicted molar refractivity (Wildman–Crippen MR) is 139 cm³/mol. The van der Waals surface area contributed by atoms with Gasteiger partial charge in [0.25, 0.3) is 5.91 Å². The zero-order valence-electron chi connectivity index (χ0n) is 21.6. The summed E-state index contributed by atoms with van der Waals surface area (Å²) in [6.45, 7) is 10.8. The number of carbonyl (C=O) groups is 1. The third kappa shape index (κ3) is 4.97. The molecule has 36 heavy (non-hydrogen) atoms. The maximum atomic E-state index is 13.4. The smallest absolute Gasteiger partial charge is 0.261 e. The lowest BCUT2D eigenvalue weighted by Gasteiger charge is -2.31. The van der Waals surface area contributed by atoms with Gasteiger partial charge < -0.3 is 20.1 Å². The maximum absolute atomic E-state index is 13.4. The minimum atomic E-state index is -1.20. The van der Waals surface area contributed by atoms with Crippen molar-refractivity contribution in [2.75, 3.05) is 36.5 Å². The predicted octanol–water partition coefficient (Wildman–Crippen LogP) is 3.88. The summed E-state index contributed by atoms with van der Waals surface area (Å²) in [7, 11) is 0. The van der Waals surface area contributed by atoms with E-state index in [-0.39, 0.29) is 13.4 Å². The van der Waals surface area contributed by atoms with Gasteiger partial charge in [0.2, 0.25) is 0 Å². The van der Waals surface area contributed by atoms with E-state index in [0.717, 1.165) is 37.7 Å². The molecule has 4 heterocycles. The summed E-state index contributed by atoms with van der Waals surface area (Å²) in [6, 6.07) is 2.17. The number of rotatable bonds is 6. The third-order valence-electron chi connectivity index (χ3n) is 7.55. The van der Waals surface area contributed by atoms with Gasteiger partial charge in [0, 0.05) is 26.9 Å². The largest absolute Gasteiger partial charge is 0.384 e. The van der Waals surface area contributed by atoms with Crippen LogP contribution in [0.15, 0.2) is 24.7 Å². The monoisotopic (exact) mass is 497 g/mol. The average molecular weight is 498 g/mol. The topological polar surface area (TPSA) is 110 Å². The first kappa shape index (κ1) is 24.7. The van der Waals surface area contributed by atoms with Crippen LogP contribution < -0.4 is 10.2 Å². The fourth-order valence-corrected chi connectivity index (χ4v) is 5.33. The molecule has 0 spiro atoms. The first-order valence-electron chi connectivity index (χ1n) is 13.0. The van der Waals surface area contributed by atoms with E-state index in [1.54, 1.807) is 18.4 Å². The van der Waals surface area contributed by atoms with E-state index in [1.807, 2.05) is 23.1 Å². The van der Waals surface area contributed by atoms with Gasteiger partial charge in [-0.15, -0.1) is 0 Å². The van der Waals surface area contributed by atoms with E-state index in [1.165, 1.54) is 19.0 Å². The Morgan fingerprint density at radius 2 is 1.94 bits per heavy atom. The molecule has 0 unspecified atom stereocenters. The Morgan fingerprint density at radius 1 is 1.22 bits per heavy atom. The Kier molecular flexibility index (Phi) is 6.74. The van der Waals surface area contributed by atoms with Crippen LogP contribution in [-0.2, 0) is 10.3 Å². The van der Waals surface area contributed by atoms with Crippen molar-refractivity contribution in [2.24, 2.45) is 11.8 Å². The second-order valence-corrected chi connectivity index (χ2v) is 10.9. The van der Waals surface area contributed by atoms with Gasteiger partial charge in [-0.25, -0.2) is 9.50 Å². The molecule has 3 aromatic rings. The van der Waals surface area contributed by atoms with E-state index in [0.29, 0.717) is 41.7 Å². The number of nitrogens with zero attached hydrogens (tertiary/aromatic N) is 6. The quantitative estimate of drug-likeness (QED) is 0.532. The number of hydrogen-bond donors (Lipinski definition) is 2. The number of aliphatic hydroxyl groups is 1. The molecule has 1 aliphatic carbocycles. The molecule has 2 fully saturated rings. The number of nitrogens with one attached hydrogen (secondary N) is 1. The summed E-state index contributed by atoms with van der Waals surface area (Å²) >= 11 is 0. The number of hydrogen-bond acceptors (Lipinski definition) is 7. The van der Waals surface area contributed by atoms with Gasteiger partial charge in [0.05, 0.1) is 31.1 Å². The van der Waals surface area contributed by atoms with Crippen LogP contribution >= 0.6 is 0 Å². The summed E-state index contributed by atoms with van der Waals surface area (Å²) in [6.07, 6.45) is 9.64. The first-order valence-corrected chi connectivity index (χ1v) is 13.0. The lowest BCUT2D eigenvalue weighted by atomic mass is 9.80. The van der Waals surface area contributed by atoms with E-state index >= 15 is 0 Å². The molecule has 0 aromatic carbocycles. The molecule has 0 radical (unpaired) electrons. The Bertz CT molecular complexity index is 1220. The lowest BCUT2D eigenvalue weighted by molar-refractivity contribution is 0.0729. The molecule has 3 aromatic heterocycles. The molecule has 1 saturated heterocycles. The highest BCUT2D eigenvalue weighted by Crippen LogP contribution is 2.37. The summed E-state index contributed by atoms with van der Waals surface area (Å²) in [4.78, 5) is 20.3. The van der Waals surface area contributed by atoms with E-state index < -0.39 is 5.60 Å². The molecule has 0 bridgehead atoms. The Labute approximate surface area is 213 Å². The number of anilines is 2. The zero-order chi connectivity index (χ0) is 25.4. The molecule has 1 saturated carbocycles. The van der Waals surface area contributed by atoms with Crippen molar-refractivity contribution in [3.63, 3.8) is 0 Å². The third-order valence-corrected chi connectivity index (χ3v) is 7.55. The molecule has 10 heteroatoms. The van der Waals surface area contributed by atoms with E-state index in [4.69, 9.17) is 14.8 Å². The fourth-order valence-electron chi connectivity index (χ4n) is 5.33. The number of amides is 1. The van der Waals surface area contributed by atoms with Crippen molar-refractivity contribution < 1.29 is 16.1 Å². The first-order chi connectivity index (χ1) is 17.2. The molecule has 5 rings (SSSR count). The summed E-state index contributed by atoms with van der Waals surface area (Å²) < 4.78 is 8.98. The minimum Gasteiger partial charge on any atom is -0.384 e. The van der Waals surface area contributed by atoms with Crippen LogP contribution in [0.2, 0.25) is 0 Å². The van der Waals surface area contributed by atoms with E-state index in [2.05, 4.69) is 29.2 Å². The van der Waals surface area contributed by atoms with Gasteiger partial charge in [-0.1, -0.05) is 13.8 Å². The Hall–Kier alpha value is -2.98. The molecule has 1 amide bonds. The van der Waals surface area contributed by atoms with Crippen LogP contribution in [0, 0.1) is 11.8 Å². The normalized spacial score (nSPS) is 21.3. The van der Waals surface area contributed by atoms with Crippen molar-refractivity contribution in [1.82, 2.24) is 24.4 Å². The summed E-state index contributed by atoms with van der Waals surface area (Å²) in [5.41, 5.74) is 0.631. The summed E-state index contributed by atoms with van der Waals surface area (Å²) in [5.74, 6) is 1.90. The van der Waals surface area contributed by atoms with Crippen molar-refractivity contribution in [3.05, 3.63) is 35.9 Å². The fraction of sp³-hybridized carbons (Fsp3) is 0.615. The van der Waals surface area contributed by atoms with Crippen molar-refractivity contribution in [3.8, 4) is 0 Å². The van der Waals surface area contributed by atoms with Crippen LogP contribution in [0.4, 0.5) is 11.5 Å². The Morgan fingerprint density at radius 3 is 2.61 bits per heavy atom. The highest BCUT2D eigenvalue weighted by atomic mass is 16.5. The lowest BCUT2D eigenvalue weighted by Crippen LogP contribution is -2.36. The van der Waals surface area contributed by atoms with Crippen molar-refractivity contribution in [1.29, 1.82) is 0 Å². The highest BCUT2D eigenvalue weighted by Gasteiger charge is 2.30. The van der Waals surface area contributed by atoms with Gasteiger partial charge >= 0.3 is 0 Å². The Balaban J connectivity index is 0.00000320. The number of fused-ring (bicyclic) bond motifs is 1. The standard InChI is InChI=1S/C26H37N7O3.H2/c1-17(2)18-5-7-19(8-6-18)33-16-21(23(30-33)26(3,4)35)28-25(34)20-15-27-32-10-9-22(29-24(20)32)31-11-13-36-14-12-31;/h9-10,15-19,35H,5-8,11-14H2,1-4H3,(H,28,34);1H. The second-order valence-electron chi connectivity index (χ2n) is 10.9. The molecule has 2 aliphatic rings. The maximum Gasteiger partial charge on any atom is 0.261 e. The second kappa shape index (κ2) is 9.82. The molecular weight excluding hydrogens is 458 g/mol. The van der Waals surface area contributed by atoms with Crippen LogP contribution in [-0.4, -0.2) is 61.7 Å². The average Bonchev–Trinajstić information content (AvgIpc) is 3.49. The van der Waals surface area contributed by atoms with Crippen LogP contribution in [0.25, 0.3) is 5.65 Å². The number of carbonyl (C=O) groups excluding carboxylic acids is 1. The molecular formula is C26H39N7O3. The van der Waals surface area contributed by atoms with E-state index in [9.17, 15) is 9.90 Å². The molecule has 10 nitrogen and oxygen atoms in total. The van der Waals surface area contributed by atoms with Gasteiger partial charge in [0.1, 0.15) is 22.7 Å². The molecule has 196 valence electrons. The molecule has 0 atom stereocenters. The molecule has 1 aliphatic heterocycles. The van der Waals surface area contributed by atoms with Crippen LogP contribution in [0.3, 0.4) is 0 Å². The minimum absolute atomic E-state index is 0. The zero-order valence-corrected chi connectivity index (χ0v) is 21.6. The van der Waals surface area contributed by atoms with Gasteiger partial charge in [-0.2, -0.15) is 10.2 Å². The summed E-state index contributed by atoms with van der Waals surface area (Å²) in [5, 5.41) is 22.9. The van der Waals surface area contributed by atoms with Crippen LogP contribution in [0.5, 0.6) is 0 Å².